The summed E-state index contributed by atoms with van der Waals surface area (Å²) in [5.41, 5.74) is 0. The van der Waals surface area contributed by atoms with Crippen molar-refractivity contribution in [3.63, 3.8) is 0 Å². The van der Waals surface area contributed by atoms with Gasteiger partial charge in [0.25, 0.3) is 0 Å². The number of hydrogen-bond acceptors (Lipinski definition) is 2. The molecule has 2 heteroatoms. The molecule has 1 rings (SSSR count). The highest BCUT2D eigenvalue weighted by atomic mass is 32.2. The Balaban J connectivity index is 2.29. The van der Waals surface area contributed by atoms with Gasteiger partial charge in [0.05, 0.1) is 0 Å². The molecule has 0 spiro atoms. The van der Waals surface area contributed by atoms with Crippen LogP contribution >= 0.6 is 11.8 Å². The predicted octanol–water partition coefficient (Wildman–Crippen LogP) is 3.15. The molecular formula is C12H25NS. The summed E-state index contributed by atoms with van der Waals surface area (Å²) >= 11 is 1.94. The molecule has 1 aliphatic carbocycles. The zero-order chi connectivity index (χ0) is 10.6. The van der Waals surface area contributed by atoms with E-state index in [1.165, 1.54) is 25.0 Å². The van der Waals surface area contributed by atoms with Crippen LogP contribution in [0.15, 0.2) is 0 Å². The average molecular weight is 215 g/mol. The summed E-state index contributed by atoms with van der Waals surface area (Å²) < 4.78 is 0. The highest BCUT2D eigenvalue weighted by Crippen LogP contribution is 2.28. The van der Waals surface area contributed by atoms with E-state index >= 15 is 0 Å². The fourth-order valence-corrected chi connectivity index (χ4v) is 3.17. The lowest BCUT2D eigenvalue weighted by atomic mass is 9.79. The Bertz CT molecular complexity index is 160. The zero-order valence-corrected chi connectivity index (χ0v) is 10.9. The standard InChI is InChI=1S/C12H25NS/c1-9-5-6-12(10(2)7-9)13-11(3)8-14-4/h9-13H,5-8H2,1-4H3. The summed E-state index contributed by atoms with van der Waals surface area (Å²) in [6, 6.07) is 1.44. The highest BCUT2D eigenvalue weighted by Gasteiger charge is 2.25. The molecule has 84 valence electrons. The van der Waals surface area contributed by atoms with E-state index in [1.54, 1.807) is 0 Å². The lowest BCUT2D eigenvalue weighted by molar-refractivity contribution is 0.219. The topological polar surface area (TPSA) is 12.0 Å². The minimum atomic E-state index is 0.672. The van der Waals surface area contributed by atoms with Crippen LogP contribution in [0.5, 0.6) is 0 Å². The average Bonchev–Trinajstić information content (AvgIpc) is 2.10. The van der Waals surface area contributed by atoms with E-state index in [2.05, 4.69) is 32.3 Å². The van der Waals surface area contributed by atoms with Gasteiger partial charge < -0.3 is 5.32 Å². The third kappa shape index (κ3) is 3.82. The first kappa shape index (κ1) is 12.4. The molecule has 1 fully saturated rings. The van der Waals surface area contributed by atoms with E-state index in [4.69, 9.17) is 0 Å². The molecule has 0 aromatic carbocycles. The molecule has 0 radical (unpaired) electrons. The van der Waals surface area contributed by atoms with Crippen molar-refractivity contribution in [2.75, 3.05) is 12.0 Å². The first-order valence-corrected chi connectivity index (χ1v) is 7.27. The third-order valence-corrected chi connectivity index (χ3v) is 4.18. The first-order chi connectivity index (χ1) is 6.63. The summed E-state index contributed by atoms with van der Waals surface area (Å²) in [5.74, 6) is 3.04. The van der Waals surface area contributed by atoms with E-state index in [0.29, 0.717) is 6.04 Å². The van der Waals surface area contributed by atoms with Crippen LogP contribution in [0.3, 0.4) is 0 Å². The number of rotatable bonds is 4. The van der Waals surface area contributed by atoms with Crippen molar-refractivity contribution in [2.45, 2.75) is 52.1 Å². The number of thioether (sulfide) groups is 1. The quantitative estimate of drug-likeness (QED) is 0.773. The molecule has 4 atom stereocenters. The zero-order valence-electron chi connectivity index (χ0n) is 10.0. The molecule has 0 heterocycles. The maximum Gasteiger partial charge on any atom is 0.0132 e. The summed E-state index contributed by atoms with van der Waals surface area (Å²) in [5, 5.41) is 3.77. The van der Waals surface area contributed by atoms with Crippen molar-refractivity contribution in [1.29, 1.82) is 0 Å². The lowest BCUT2D eigenvalue weighted by Gasteiger charge is -2.35. The van der Waals surface area contributed by atoms with E-state index in [9.17, 15) is 0 Å². The molecular weight excluding hydrogens is 190 g/mol. The van der Waals surface area contributed by atoms with Gasteiger partial charge in [-0.2, -0.15) is 11.8 Å². The van der Waals surface area contributed by atoms with Crippen LogP contribution in [0.25, 0.3) is 0 Å². The van der Waals surface area contributed by atoms with Gasteiger partial charge in [0, 0.05) is 17.8 Å². The molecule has 1 nitrogen and oxygen atoms in total. The van der Waals surface area contributed by atoms with Crippen molar-refractivity contribution >= 4 is 11.8 Å². The molecule has 1 saturated carbocycles. The predicted molar refractivity (Wildman–Crippen MR) is 66.9 cm³/mol. The van der Waals surface area contributed by atoms with Crippen LogP contribution in [0.2, 0.25) is 0 Å². The Morgan fingerprint density at radius 3 is 2.64 bits per heavy atom. The molecule has 0 aromatic rings. The van der Waals surface area contributed by atoms with Crippen molar-refractivity contribution < 1.29 is 0 Å². The van der Waals surface area contributed by atoms with E-state index < -0.39 is 0 Å². The van der Waals surface area contributed by atoms with E-state index in [-0.39, 0.29) is 0 Å². The van der Waals surface area contributed by atoms with Crippen molar-refractivity contribution in [1.82, 2.24) is 5.32 Å². The van der Waals surface area contributed by atoms with Crippen molar-refractivity contribution in [3.8, 4) is 0 Å². The number of nitrogens with one attached hydrogen (secondary N) is 1. The molecule has 4 unspecified atom stereocenters. The van der Waals surface area contributed by atoms with Crippen LogP contribution in [0.4, 0.5) is 0 Å². The molecule has 0 saturated heterocycles. The largest absolute Gasteiger partial charge is 0.310 e. The maximum absolute atomic E-state index is 3.77. The van der Waals surface area contributed by atoms with Crippen molar-refractivity contribution in [2.24, 2.45) is 11.8 Å². The summed E-state index contributed by atoms with van der Waals surface area (Å²) in [7, 11) is 0. The second-order valence-corrected chi connectivity index (χ2v) is 5.94. The van der Waals surface area contributed by atoms with Gasteiger partial charge in [-0.05, 0) is 44.3 Å². The monoisotopic (exact) mass is 215 g/mol. The van der Waals surface area contributed by atoms with Crippen LogP contribution in [-0.4, -0.2) is 24.1 Å². The Kier molecular flexibility index (Phi) is 5.32. The van der Waals surface area contributed by atoms with Crippen LogP contribution < -0.4 is 5.32 Å². The minimum absolute atomic E-state index is 0.672. The van der Waals surface area contributed by atoms with E-state index in [1.807, 2.05) is 11.8 Å². The Hall–Kier alpha value is 0.310. The maximum atomic E-state index is 3.77. The molecule has 0 aromatic heterocycles. The minimum Gasteiger partial charge on any atom is -0.310 e. The SMILES string of the molecule is CSCC(C)NC1CCC(C)CC1C. The third-order valence-electron chi connectivity index (χ3n) is 3.35. The van der Waals surface area contributed by atoms with Crippen LogP contribution in [0.1, 0.15) is 40.0 Å². The summed E-state index contributed by atoms with van der Waals surface area (Å²) in [4.78, 5) is 0. The Morgan fingerprint density at radius 1 is 1.36 bits per heavy atom. The van der Waals surface area contributed by atoms with Gasteiger partial charge in [-0.15, -0.1) is 0 Å². The van der Waals surface area contributed by atoms with Crippen LogP contribution in [0, 0.1) is 11.8 Å². The molecule has 0 aliphatic heterocycles. The van der Waals surface area contributed by atoms with Crippen molar-refractivity contribution in [3.05, 3.63) is 0 Å². The Morgan fingerprint density at radius 2 is 2.07 bits per heavy atom. The first-order valence-electron chi connectivity index (χ1n) is 5.88. The summed E-state index contributed by atoms with van der Waals surface area (Å²) in [6.45, 7) is 7.10. The van der Waals surface area contributed by atoms with Gasteiger partial charge in [0.2, 0.25) is 0 Å². The molecule has 0 bridgehead atoms. The van der Waals surface area contributed by atoms with Gasteiger partial charge in [0.15, 0.2) is 0 Å². The second kappa shape index (κ2) is 6.02. The molecule has 1 aliphatic rings. The normalized spacial score (nSPS) is 35.6. The second-order valence-electron chi connectivity index (χ2n) is 5.03. The fraction of sp³-hybridized carbons (Fsp3) is 1.00. The number of hydrogen-bond donors (Lipinski definition) is 1. The highest BCUT2D eigenvalue weighted by molar-refractivity contribution is 7.98. The van der Waals surface area contributed by atoms with Gasteiger partial charge in [-0.1, -0.05) is 13.8 Å². The van der Waals surface area contributed by atoms with Gasteiger partial charge in [-0.3, -0.25) is 0 Å². The van der Waals surface area contributed by atoms with Gasteiger partial charge in [-0.25, -0.2) is 0 Å². The fourth-order valence-electron chi connectivity index (χ4n) is 2.58. The summed E-state index contributed by atoms with van der Waals surface area (Å²) in [6.07, 6.45) is 6.38. The van der Waals surface area contributed by atoms with E-state index in [0.717, 1.165) is 17.9 Å². The molecule has 1 N–H and O–H groups in total. The van der Waals surface area contributed by atoms with Gasteiger partial charge in [0.1, 0.15) is 0 Å². The molecule has 0 amide bonds. The molecule has 14 heavy (non-hydrogen) atoms. The van der Waals surface area contributed by atoms with Gasteiger partial charge >= 0.3 is 0 Å². The lowest BCUT2D eigenvalue weighted by Crippen LogP contribution is -2.44. The Labute approximate surface area is 93.4 Å². The van der Waals surface area contributed by atoms with Crippen LogP contribution in [-0.2, 0) is 0 Å². The smallest absolute Gasteiger partial charge is 0.0132 e.